The third-order valence-corrected chi connectivity index (χ3v) is 6.22. The number of benzene rings is 1. The number of ether oxygens (including phenoxy) is 1. The Morgan fingerprint density at radius 1 is 1.35 bits per heavy atom. The summed E-state index contributed by atoms with van der Waals surface area (Å²) in [6.45, 7) is 1.15. The maximum absolute atomic E-state index is 12.3. The number of sulfonamides is 1. The van der Waals surface area contributed by atoms with Crippen molar-refractivity contribution in [2.75, 3.05) is 33.0 Å². The van der Waals surface area contributed by atoms with Gasteiger partial charge in [-0.3, -0.25) is 4.79 Å². The highest BCUT2D eigenvalue weighted by Crippen LogP contribution is 2.26. The molecular weight excluding hydrogens is 384 g/mol. The summed E-state index contributed by atoms with van der Waals surface area (Å²) in [5.74, 6) is -0.181. The highest BCUT2D eigenvalue weighted by atomic mass is 79.9. The minimum Gasteiger partial charge on any atom is -0.376 e. The van der Waals surface area contributed by atoms with Gasteiger partial charge in [0.25, 0.3) is 5.91 Å². The molecule has 0 radical (unpaired) electrons. The second-order valence-corrected chi connectivity index (χ2v) is 8.55. The van der Waals surface area contributed by atoms with E-state index < -0.39 is 15.6 Å². The predicted molar refractivity (Wildman–Crippen MR) is 91.9 cm³/mol. The van der Waals surface area contributed by atoms with Crippen molar-refractivity contribution in [1.82, 2.24) is 9.62 Å². The Morgan fingerprint density at radius 2 is 1.96 bits per heavy atom. The van der Waals surface area contributed by atoms with Gasteiger partial charge in [0.15, 0.2) is 0 Å². The molecule has 1 saturated heterocycles. The van der Waals surface area contributed by atoms with E-state index in [4.69, 9.17) is 4.74 Å². The van der Waals surface area contributed by atoms with Gasteiger partial charge in [-0.25, -0.2) is 12.7 Å². The Kier molecular flexibility index (Phi) is 5.83. The number of nitrogens with zero attached hydrogens (tertiary/aromatic N) is 1. The first-order chi connectivity index (χ1) is 10.8. The van der Waals surface area contributed by atoms with Crippen LogP contribution in [0.4, 0.5) is 0 Å². The lowest BCUT2D eigenvalue weighted by molar-refractivity contribution is -0.0424. The number of methoxy groups -OCH3 is 1. The fourth-order valence-corrected chi connectivity index (χ4v) is 3.97. The number of halogens is 1. The third-order valence-electron chi connectivity index (χ3n) is 4.23. The first-order valence-electron chi connectivity index (χ1n) is 7.30. The molecule has 0 atom stereocenters. The average Bonchev–Trinajstić information content (AvgIpc) is 2.52. The molecule has 1 fully saturated rings. The van der Waals surface area contributed by atoms with Crippen LogP contribution in [-0.2, 0) is 14.8 Å². The Morgan fingerprint density at radius 3 is 2.48 bits per heavy atom. The van der Waals surface area contributed by atoms with Crippen LogP contribution >= 0.6 is 15.9 Å². The average molecular weight is 405 g/mol. The zero-order valence-corrected chi connectivity index (χ0v) is 15.6. The van der Waals surface area contributed by atoms with Gasteiger partial charge in [-0.05, 0) is 40.9 Å². The normalized spacial score (nSPS) is 18.6. The molecule has 1 aromatic rings. The molecule has 23 heavy (non-hydrogen) atoms. The minimum absolute atomic E-state index is 0.181. The Bertz CT molecular complexity index is 670. The Hall–Kier alpha value is -0.960. The zero-order valence-electron chi connectivity index (χ0n) is 13.2. The molecule has 128 valence electrons. The number of carbonyl (C=O) groups is 1. The van der Waals surface area contributed by atoms with Crippen molar-refractivity contribution in [3.63, 3.8) is 0 Å². The zero-order chi connectivity index (χ0) is 17.1. The number of rotatable bonds is 5. The molecule has 2 rings (SSSR count). The van der Waals surface area contributed by atoms with Crippen LogP contribution in [0.2, 0.25) is 0 Å². The molecule has 1 aliphatic rings. The van der Waals surface area contributed by atoms with Crippen molar-refractivity contribution >= 4 is 31.9 Å². The van der Waals surface area contributed by atoms with E-state index in [2.05, 4.69) is 21.2 Å². The SMILES string of the molecule is COC1(CNC(=O)c2ccccc2Br)CCN(S(C)(=O)=O)CC1. The molecule has 6 nitrogen and oxygen atoms in total. The van der Waals surface area contributed by atoms with Crippen molar-refractivity contribution in [3.05, 3.63) is 34.3 Å². The standard InChI is InChI=1S/C15H21BrN2O4S/c1-22-15(7-9-18(10-8-15)23(2,20)21)11-17-14(19)12-5-3-4-6-13(12)16/h3-6H,7-11H2,1-2H3,(H,17,19). The van der Waals surface area contributed by atoms with Crippen molar-refractivity contribution in [1.29, 1.82) is 0 Å². The molecule has 0 saturated carbocycles. The summed E-state index contributed by atoms with van der Waals surface area (Å²) in [6, 6.07) is 7.20. The molecule has 0 aliphatic carbocycles. The van der Waals surface area contributed by atoms with Crippen LogP contribution in [0.3, 0.4) is 0 Å². The van der Waals surface area contributed by atoms with Gasteiger partial charge in [-0.2, -0.15) is 0 Å². The molecule has 0 unspecified atom stereocenters. The van der Waals surface area contributed by atoms with E-state index in [1.54, 1.807) is 19.2 Å². The summed E-state index contributed by atoms with van der Waals surface area (Å²) >= 11 is 3.36. The van der Waals surface area contributed by atoms with Gasteiger partial charge in [0.05, 0.1) is 17.4 Å². The molecule has 0 aromatic heterocycles. The van der Waals surface area contributed by atoms with Crippen molar-refractivity contribution < 1.29 is 17.9 Å². The van der Waals surface area contributed by atoms with Crippen molar-refractivity contribution in [2.45, 2.75) is 18.4 Å². The number of amides is 1. The lowest BCUT2D eigenvalue weighted by Crippen LogP contribution is -2.53. The highest BCUT2D eigenvalue weighted by molar-refractivity contribution is 9.10. The Labute approximate surface area is 145 Å². The Balaban J connectivity index is 1.98. The lowest BCUT2D eigenvalue weighted by atomic mass is 9.92. The van der Waals surface area contributed by atoms with E-state index in [1.807, 2.05) is 12.1 Å². The predicted octanol–water partition coefficient (Wildman–Crippen LogP) is 1.62. The fraction of sp³-hybridized carbons (Fsp3) is 0.533. The largest absolute Gasteiger partial charge is 0.376 e. The van der Waals surface area contributed by atoms with Gasteiger partial charge in [0.2, 0.25) is 10.0 Å². The summed E-state index contributed by atoms with van der Waals surface area (Å²) in [7, 11) is -1.58. The van der Waals surface area contributed by atoms with E-state index in [0.29, 0.717) is 38.0 Å². The van der Waals surface area contributed by atoms with E-state index in [0.717, 1.165) is 4.47 Å². The molecule has 1 aliphatic heterocycles. The number of hydrogen-bond donors (Lipinski definition) is 1. The number of carbonyl (C=O) groups excluding carboxylic acids is 1. The molecule has 1 N–H and O–H groups in total. The maximum Gasteiger partial charge on any atom is 0.252 e. The van der Waals surface area contributed by atoms with Gasteiger partial charge >= 0.3 is 0 Å². The molecule has 1 heterocycles. The number of piperidine rings is 1. The summed E-state index contributed by atoms with van der Waals surface area (Å²) in [4.78, 5) is 12.3. The van der Waals surface area contributed by atoms with Gasteiger partial charge in [-0.15, -0.1) is 0 Å². The highest BCUT2D eigenvalue weighted by Gasteiger charge is 2.37. The molecule has 8 heteroatoms. The van der Waals surface area contributed by atoms with Gasteiger partial charge < -0.3 is 10.1 Å². The summed E-state index contributed by atoms with van der Waals surface area (Å²) in [5, 5.41) is 2.89. The van der Waals surface area contributed by atoms with Gasteiger partial charge in [0, 0.05) is 31.2 Å². The molecule has 0 bridgehead atoms. The van der Waals surface area contributed by atoms with Crippen LogP contribution in [0, 0.1) is 0 Å². The topological polar surface area (TPSA) is 75.7 Å². The lowest BCUT2D eigenvalue weighted by Gasteiger charge is -2.39. The molecular formula is C15H21BrN2O4S. The molecule has 0 spiro atoms. The van der Waals surface area contributed by atoms with Crippen molar-refractivity contribution in [3.8, 4) is 0 Å². The van der Waals surface area contributed by atoms with Crippen molar-refractivity contribution in [2.24, 2.45) is 0 Å². The second kappa shape index (κ2) is 7.29. The minimum atomic E-state index is -3.18. The first-order valence-corrected chi connectivity index (χ1v) is 9.94. The van der Waals surface area contributed by atoms with Crippen LogP contribution in [0.15, 0.2) is 28.7 Å². The van der Waals surface area contributed by atoms with E-state index in [-0.39, 0.29) is 5.91 Å². The van der Waals surface area contributed by atoms with E-state index in [1.165, 1.54) is 10.6 Å². The summed E-state index contributed by atoms with van der Waals surface area (Å²) in [5.41, 5.74) is 0.0327. The number of hydrogen-bond acceptors (Lipinski definition) is 4. The maximum atomic E-state index is 12.3. The van der Waals surface area contributed by atoms with Crippen LogP contribution in [0.5, 0.6) is 0 Å². The molecule has 1 aromatic carbocycles. The van der Waals surface area contributed by atoms with Crippen LogP contribution < -0.4 is 5.32 Å². The third kappa shape index (κ3) is 4.53. The summed E-state index contributed by atoms with van der Waals surface area (Å²) < 4.78 is 31.0. The second-order valence-electron chi connectivity index (χ2n) is 5.71. The molecule has 1 amide bonds. The van der Waals surface area contributed by atoms with Crippen LogP contribution in [0.25, 0.3) is 0 Å². The van der Waals surface area contributed by atoms with Crippen LogP contribution in [-0.4, -0.2) is 57.2 Å². The smallest absolute Gasteiger partial charge is 0.252 e. The quantitative estimate of drug-likeness (QED) is 0.808. The van der Waals surface area contributed by atoms with E-state index in [9.17, 15) is 13.2 Å². The van der Waals surface area contributed by atoms with Gasteiger partial charge in [-0.1, -0.05) is 12.1 Å². The van der Waals surface area contributed by atoms with E-state index >= 15 is 0 Å². The monoisotopic (exact) mass is 404 g/mol. The fourth-order valence-electron chi connectivity index (χ4n) is 2.66. The van der Waals surface area contributed by atoms with Gasteiger partial charge in [0.1, 0.15) is 0 Å². The number of nitrogens with one attached hydrogen (secondary N) is 1. The van der Waals surface area contributed by atoms with Crippen LogP contribution in [0.1, 0.15) is 23.2 Å². The first kappa shape index (κ1) is 18.4. The summed E-state index contributed by atoms with van der Waals surface area (Å²) in [6.07, 6.45) is 2.31.